The van der Waals surface area contributed by atoms with E-state index in [0.29, 0.717) is 18.2 Å². The fraction of sp³-hybridized carbons (Fsp3) is 0.0500. The lowest BCUT2D eigenvalue weighted by Crippen LogP contribution is -2.05. The number of hydrogen-bond donors (Lipinski definition) is 2. The van der Waals surface area contributed by atoms with E-state index in [0.717, 1.165) is 21.9 Å². The lowest BCUT2D eigenvalue weighted by Gasteiger charge is -2.13. The minimum atomic E-state index is 0.0784. The Labute approximate surface area is 150 Å². The van der Waals surface area contributed by atoms with E-state index in [-0.39, 0.29) is 11.9 Å². The number of benzene rings is 3. The quantitative estimate of drug-likeness (QED) is 0.589. The van der Waals surface area contributed by atoms with Crippen LogP contribution in [0, 0.1) is 0 Å². The molecule has 0 fully saturated rings. The maximum absolute atomic E-state index is 6.08. The summed E-state index contributed by atoms with van der Waals surface area (Å²) in [6, 6.07) is 21.9. The van der Waals surface area contributed by atoms with E-state index in [1.807, 2.05) is 66.7 Å². The van der Waals surface area contributed by atoms with E-state index >= 15 is 0 Å². The van der Waals surface area contributed by atoms with Crippen molar-refractivity contribution in [3.63, 3.8) is 0 Å². The van der Waals surface area contributed by atoms with Gasteiger partial charge in [-0.3, -0.25) is 0 Å². The lowest BCUT2D eigenvalue weighted by atomic mass is 10.1. The molecule has 4 aromatic rings. The van der Waals surface area contributed by atoms with Crippen molar-refractivity contribution in [3.05, 3.63) is 72.3 Å². The molecule has 6 heteroatoms. The van der Waals surface area contributed by atoms with Crippen LogP contribution in [0.1, 0.15) is 5.56 Å². The molecule has 4 rings (SSSR count). The SMILES string of the molecule is Nc1nc(N)nc(-c2cc3ccccc3cc2OCc2ccccc2)n1. The number of rotatable bonds is 4. The predicted octanol–water partition coefficient (Wildman–Crippen LogP) is 3.44. The molecule has 1 aromatic heterocycles. The standard InChI is InChI=1S/C20H17N5O/c21-19-23-18(24-20(22)25-19)16-10-14-8-4-5-9-15(14)11-17(16)26-12-13-6-2-1-3-7-13/h1-11H,12H2,(H4,21,22,23,24,25). The van der Waals surface area contributed by atoms with Gasteiger partial charge < -0.3 is 16.2 Å². The molecule has 6 nitrogen and oxygen atoms in total. The smallest absolute Gasteiger partial charge is 0.225 e. The van der Waals surface area contributed by atoms with Gasteiger partial charge in [0.25, 0.3) is 0 Å². The van der Waals surface area contributed by atoms with Crippen LogP contribution in [-0.2, 0) is 6.61 Å². The topological polar surface area (TPSA) is 99.9 Å². The Kier molecular flexibility index (Phi) is 4.07. The van der Waals surface area contributed by atoms with Crippen molar-refractivity contribution in [1.29, 1.82) is 0 Å². The summed E-state index contributed by atoms with van der Waals surface area (Å²) in [5, 5.41) is 2.11. The van der Waals surface area contributed by atoms with E-state index in [1.54, 1.807) is 0 Å². The first-order valence-corrected chi connectivity index (χ1v) is 8.16. The Morgan fingerprint density at radius 3 is 2.04 bits per heavy atom. The Morgan fingerprint density at radius 1 is 0.731 bits per heavy atom. The number of anilines is 2. The van der Waals surface area contributed by atoms with Crippen molar-refractivity contribution in [2.24, 2.45) is 0 Å². The Hall–Kier alpha value is -3.67. The van der Waals surface area contributed by atoms with Crippen LogP contribution >= 0.6 is 0 Å². The average Bonchev–Trinajstić information content (AvgIpc) is 2.65. The number of nitrogens with zero attached hydrogens (tertiary/aromatic N) is 3. The van der Waals surface area contributed by atoms with Crippen LogP contribution in [0.2, 0.25) is 0 Å². The molecule has 4 N–H and O–H groups in total. The predicted molar refractivity (Wildman–Crippen MR) is 102 cm³/mol. The highest BCUT2D eigenvalue weighted by Gasteiger charge is 2.13. The minimum absolute atomic E-state index is 0.0784. The molecule has 128 valence electrons. The monoisotopic (exact) mass is 343 g/mol. The van der Waals surface area contributed by atoms with Crippen LogP contribution in [0.25, 0.3) is 22.2 Å². The number of nitrogen functional groups attached to an aromatic ring is 2. The number of aromatic nitrogens is 3. The molecule has 0 spiro atoms. The molecular formula is C20H17N5O. The molecule has 0 aliphatic rings. The van der Waals surface area contributed by atoms with Crippen molar-refractivity contribution in [3.8, 4) is 17.1 Å². The van der Waals surface area contributed by atoms with Crippen LogP contribution < -0.4 is 16.2 Å². The molecule has 1 heterocycles. The second-order valence-corrected chi connectivity index (χ2v) is 5.85. The van der Waals surface area contributed by atoms with Crippen molar-refractivity contribution < 1.29 is 4.74 Å². The zero-order chi connectivity index (χ0) is 17.9. The first-order valence-electron chi connectivity index (χ1n) is 8.16. The molecule has 0 atom stereocenters. The highest BCUT2D eigenvalue weighted by molar-refractivity contribution is 5.89. The first kappa shape index (κ1) is 15.8. The van der Waals surface area contributed by atoms with Crippen molar-refractivity contribution in [1.82, 2.24) is 15.0 Å². The van der Waals surface area contributed by atoms with Crippen LogP contribution in [0.5, 0.6) is 5.75 Å². The van der Waals surface area contributed by atoms with Gasteiger partial charge in [-0.2, -0.15) is 15.0 Å². The molecule has 0 radical (unpaired) electrons. The van der Waals surface area contributed by atoms with Gasteiger partial charge >= 0.3 is 0 Å². The summed E-state index contributed by atoms with van der Waals surface area (Å²) in [5.41, 5.74) is 13.3. The van der Waals surface area contributed by atoms with E-state index in [2.05, 4.69) is 15.0 Å². The zero-order valence-corrected chi connectivity index (χ0v) is 14.0. The third-order valence-corrected chi connectivity index (χ3v) is 4.00. The number of ether oxygens (including phenoxy) is 1. The molecule has 0 saturated heterocycles. The van der Waals surface area contributed by atoms with Crippen LogP contribution in [0.15, 0.2) is 66.7 Å². The summed E-state index contributed by atoms with van der Waals surface area (Å²) >= 11 is 0. The maximum Gasteiger partial charge on any atom is 0.225 e. The average molecular weight is 343 g/mol. The van der Waals surface area contributed by atoms with E-state index < -0.39 is 0 Å². The highest BCUT2D eigenvalue weighted by atomic mass is 16.5. The van der Waals surface area contributed by atoms with Crippen molar-refractivity contribution in [2.45, 2.75) is 6.61 Å². The second kappa shape index (κ2) is 6.68. The largest absolute Gasteiger partial charge is 0.488 e. The molecule has 26 heavy (non-hydrogen) atoms. The molecular weight excluding hydrogens is 326 g/mol. The van der Waals surface area contributed by atoms with Gasteiger partial charge in [-0.15, -0.1) is 0 Å². The summed E-state index contributed by atoms with van der Waals surface area (Å²) in [4.78, 5) is 12.3. The van der Waals surface area contributed by atoms with Gasteiger partial charge in [0, 0.05) is 0 Å². The number of nitrogens with two attached hydrogens (primary N) is 2. The Morgan fingerprint density at radius 2 is 1.35 bits per heavy atom. The fourth-order valence-electron chi connectivity index (χ4n) is 2.78. The minimum Gasteiger partial charge on any atom is -0.488 e. The molecule has 0 unspecified atom stereocenters. The van der Waals surface area contributed by atoms with Gasteiger partial charge in [-0.05, 0) is 28.5 Å². The van der Waals surface area contributed by atoms with Crippen LogP contribution in [0.4, 0.5) is 11.9 Å². The molecule has 3 aromatic carbocycles. The molecule has 0 aliphatic carbocycles. The lowest BCUT2D eigenvalue weighted by molar-refractivity contribution is 0.308. The van der Waals surface area contributed by atoms with E-state index in [9.17, 15) is 0 Å². The zero-order valence-electron chi connectivity index (χ0n) is 14.0. The molecule has 0 amide bonds. The summed E-state index contributed by atoms with van der Waals surface area (Å²) in [6.07, 6.45) is 0. The summed E-state index contributed by atoms with van der Waals surface area (Å²) < 4.78 is 6.08. The van der Waals surface area contributed by atoms with Gasteiger partial charge in [0.15, 0.2) is 5.82 Å². The summed E-state index contributed by atoms with van der Waals surface area (Å²) in [5.74, 6) is 1.21. The highest BCUT2D eigenvalue weighted by Crippen LogP contribution is 2.33. The normalized spacial score (nSPS) is 10.8. The van der Waals surface area contributed by atoms with Crippen molar-refractivity contribution in [2.75, 3.05) is 11.5 Å². The fourth-order valence-corrected chi connectivity index (χ4v) is 2.78. The molecule has 0 aliphatic heterocycles. The third kappa shape index (κ3) is 3.25. The van der Waals surface area contributed by atoms with Gasteiger partial charge in [-0.25, -0.2) is 0 Å². The maximum atomic E-state index is 6.08. The van der Waals surface area contributed by atoms with Gasteiger partial charge in [0.2, 0.25) is 11.9 Å². The van der Waals surface area contributed by atoms with Gasteiger partial charge in [0.05, 0.1) is 5.56 Å². The Balaban J connectivity index is 1.80. The van der Waals surface area contributed by atoms with Crippen LogP contribution in [-0.4, -0.2) is 15.0 Å². The van der Waals surface area contributed by atoms with Crippen molar-refractivity contribution >= 4 is 22.7 Å². The first-order chi connectivity index (χ1) is 12.7. The number of fused-ring (bicyclic) bond motifs is 1. The van der Waals surface area contributed by atoms with Gasteiger partial charge in [-0.1, -0.05) is 54.6 Å². The third-order valence-electron chi connectivity index (χ3n) is 4.00. The van der Waals surface area contributed by atoms with Crippen LogP contribution in [0.3, 0.4) is 0 Å². The summed E-state index contributed by atoms with van der Waals surface area (Å²) in [7, 11) is 0. The van der Waals surface area contributed by atoms with E-state index in [4.69, 9.17) is 16.2 Å². The van der Waals surface area contributed by atoms with Gasteiger partial charge in [0.1, 0.15) is 12.4 Å². The second-order valence-electron chi connectivity index (χ2n) is 5.85. The molecule has 0 saturated carbocycles. The summed E-state index contributed by atoms with van der Waals surface area (Å²) in [6.45, 7) is 0.433. The molecule has 0 bridgehead atoms. The number of hydrogen-bond acceptors (Lipinski definition) is 6. The van der Waals surface area contributed by atoms with E-state index in [1.165, 1.54) is 0 Å². The Bertz CT molecular complexity index is 1050.